The van der Waals surface area contributed by atoms with E-state index in [4.69, 9.17) is 5.73 Å². The van der Waals surface area contributed by atoms with Crippen LogP contribution < -0.4 is 11.1 Å². The summed E-state index contributed by atoms with van der Waals surface area (Å²) in [6.45, 7) is 2.64. The first-order chi connectivity index (χ1) is 8.15. The molecule has 96 valence electrons. The van der Waals surface area contributed by atoms with E-state index in [1.807, 2.05) is 18.6 Å². The van der Waals surface area contributed by atoms with Gasteiger partial charge in [0.2, 0.25) is 5.91 Å². The van der Waals surface area contributed by atoms with Crippen molar-refractivity contribution < 1.29 is 4.79 Å². The van der Waals surface area contributed by atoms with Crippen molar-refractivity contribution in [3.8, 4) is 0 Å². The van der Waals surface area contributed by atoms with Crippen LogP contribution in [-0.2, 0) is 4.79 Å². The molecule has 1 aromatic heterocycles. The summed E-state index contributed by atoms with van der Waals surface area (Å²) in [4.78, 5) is 15.9. The van der Waals surface area contributed by atoms with Crippen molar-refractivity contribution in [3.05, 3.63) is 16.6 Å². The van der Waals surface area contributed by atoms with Crippen molar-refractivity contribution in [2.75, 3.05) is 18.6 Å². The number of hydrogen-bond acceptors (Lipinski definition) is 5. The first-order valence-electron chi connectivity index (χ1n) is 5.56. The van der Waals surface area contributed by atoms with Gasteiger partial charge in [0, 0.05) is 24.0 Å². The molecule has 0 aliphatic heterocycles. The van der Waals surface area contributed by atoms with E-state index in [-0.39, 0.29) is 11.8 Å². The molecule has 0 fully saturated rings. The molecule has 1 amide bonds. The largest absolute Gasteiger partial charge is 0.354 e. The van der Waals surface area contributed by atoms with Gasteiger partial charge >= 0.3 is 0 Å². The van der Waals surface area contributed by atoms with Crippen LogP contribution >= 0.6 is 23.1 Å². The number of nitrogens with one attached hydrogen (secondary N) is 1. The number of nitrogens with zero attached hydrogens (tertiary/aromatic N) is 1. The molecular weight excluding hydrogens is 254 g/mol. The zero-order valence-corrected chi connectivity index (χ0v) is 11.8. The molecule has 2 atom stereocenters. The van der Waals surface area contributed by atoms with Gasteiger partial charge in [-0.15, -0.1) is 11.3 Å². The van der Waals surface area contributed by atoms with Crippen molar-refractivity contribution >= 4 is 29.0 Å². The van der Waals surface area contributed by atoms with Gasteiger partial charge in [-0.2, -0.15) is 11.8 Å². The molecule has 1 rings (SSSR count). The lowest BCUT2D eigenvalue weighted by Gasteiger charge is -2.14. The second-order valence-corrected chi connectivity index (χ2v) is 5.82. The molecule has 0 spiro atoms. The Hall–Kier alpha value is -0.590. The Labute approximate surface area is 110 Å². The van der Waals surface area contributed by atoms with Gasteiger partial charge in [-0.1, -0.05) is 6.92 Å². The van der Waals surface area contributed by atoms with Crippen LogP contribution in [0, 0.1) is 0 Å². The third-order valence-corrected chi connectivity index (χ3v) is 4.08. The number of thiazole rings is 1. The first-order valence-corrected chi connectivity index (χ1v) is 7.84. The van der Waals surface area contributed by atoms with E-state index in [1.165, 1.54) is 0 Å². The highest BCUT2D eigenvalue weighted by atomic mass is 32.2. The zero-order chi connectivity index (χ0) is 12.7. The maximum absolute atomic E-state index is 11.7. The minimum Gasteiger partial charge on any atom is -0.354 e. The number of hydrogen-bond donors (Lipinski definition) is 2. The van der Waals surface area contributed by atoms with E-state index < -0.39 is 6.04 Å². The molecule has 1 aromatic rings. The molecule has 0 saturated carbocycles. The Morgan fingerprint density at radius 3 is 3.06 bits per heavy atom. The predicted molar refractivity (Wildman–Crippen MR) is 74.5 cm³/mol. The Morgan fingerprint density at radius 2 is 2.47 bits per heavy atom. The second kappa shape index (κ2) is 7.68. The fraction of sp³-hybridized carbons (Fsp3) is 0.636. The van der Waals surface area contributed by atoms with Crippen molar-refractivity contribution in [1.82, 2.24) is 10.3 Å². The Bertz CT molecular complexity index is 329. The summed E-state index contributed by atoms with van der Waals surface area (Å²) in [5.74, 6) is 1.09. The number of carbonyl (C=O) groups excluding carboxylic acids is 1. The lowest BCUT2D eigenvalue weighted by atomic mass is 10.1. The summed E-state index contributed by atoms with van der Waals surface area (Å²) in [6, 6.07) is -0.397. The average molecular weight is 273 g/mol. The summed E-state index contributed by atoms with van der Waals surface area (Å²) in [5.41, 5.74) is 5.77. The van der Waals surface area contributed by atoms with Crippen LogP contribution in [0.5, 0.6) is 0 Å². The van der Waals surface area contributed by atoms with E-state index in [0.717, 1.165) is 17.2 Å². The predicted octanol–water partition coefficient (Wildman–Crippen LogP) is 1.44. The van der Waals surface area contributed by atoms with E-state index in [2.05, 4.69) is 10.3 Å². The molecule has 0 saturated heterocycles. The highest BCUT2D eigenvalue weighted by Crippen LogP contribution is 2.16. The van der Waals surface area contributed by atoms with Gasteiger partial charge in [-0.05, 0) is 18.4 Å². The minimum atomic E-state index is -0.397. The lowest BCUT2D eigenvalue weighted by molar-refractivity contribution is -0.122. The van der Waals surface area contributed by atoms with Crippen molar-refractivity contribution in [1.29, 1.82) is 0 Å². The standard InChI is InChI=1S/C11H19N3OS2/c1-8(11-13-4-6-17-11)7-14-10(15)9(12)3-5-16-2/h4,6,8-9H,3,5,7,12H2,1-2H3,(H,14,15)/t8?,9-/m0/s1. The van der Waals surface area contributed by atoms with Crippen LogP contribution in [0.3, 0.4) is 0 Å². The highest BCUT2D eigenvalue weighted by Gasteiger charge is 2.15. The molecule has 17 heavy (non-hydrogen) atoms. The van der Waals surface area contributed by atoms with Crippen molar-refractivity contribution in [3.63, 3.8) is 0 Å². The number of amides is 1. The topological polar surface area (TPSA) is 68.0 Å². The Morgan fingerprint density at radius 1 is 1.71 bits per heavy atom. The Balaban J connectivity index is 2.28. The SMILES string of the molecule is CSCC[C@H](N)C(=O)NCC(C)c1nccs1. The van der Waals surface area contributed by atoms with Gasteiger partial charge in [-0.3, -0.25) is 4.79 Å². The highest BCUT2D eigenvalue weighted by molar-refractivity contribution is 7.98. The molecule has 0 aromatic carbocycles. The van der Waals surface area contributed by atoms with Gasteiger partial charge < -0.3 is 11.1 Å². The molecule has 4 nitrogen and oxygen atoms in total. The summed E-state index contributed by atoms with van der Waals surface area (Å²) in [7, 11) is 0. The fourth-order valence-corrected chi connectivity index (χ4v) is 2.51. The molecule has 1 heterocycles. The van der Waals surface area contributed by atoms with Crippen LogP contribution in [0.1, 0.15) is 24.3 Å². The third-order valence-electron chi connectivity index (χ3n) is 2.43. The first kappa shape index (κ1) is 14.5. The molecule has 0 radical (unpaired) electrons. The van der Waals surface area contributed by atoms with Crippen LogP contribution in [0.15, 0.2) is 11.6 Å². The normalized spacial score (nSPS) is 14.3. The van der Waals surface area contributed by atoms with Gasteiger partial charge in [0.05, 0.1) is 11.0 Å². The van der Waals surface area contributed by atoms with Gasteiger partial charge in [0.25, 0.3) is 0 Å². The number of carbonyl (C=O) groups is 1. The van der Waals surface area contributed by atoms with E-state index in [1.54, 1.807) is 29.3 Å². The minimum absolute atomic E-state index is 0.0672. The van der Waals surface area contributed by atoms with Crippen LogP contribution in [0.25, 0.3) is 0 Å². The zero-order valence-electron chi connectivity index (χ0n) is 10.2. The van der Waals surface area contributed by atoms with Crippen molar-refractivity contribution in [2.24, 2.45) is 5.73 Å². The molecule has 0 aliphatic carbocycles. The number of aromatic nitrogens is 1. The van der Waals surface area contributed by atoms with E-state index >= 15 is 0 Å². The molecule has 6 heteroatoms. The monoisotopic (exact) mass is 273 g/mol. The average Bonchev–Trinajstić information content (AvgIpc) is 2.86. The molecule has 0 bridgehead atoms. The summed E-state index contributed by atoms with van der Waals surface area (Å²) < 4.78 is 0. The third kappa shape index (κ3) is 5.06. The number of thioether (sulfide) groups is 1. The van der Waals surface area contributed by atoms with Gasteiger partial charge in [0.15, 0.2) is 0 Å². The summed E-state index contributed by atoms with van der Waals surface area (Å²) >= 11 is 3.31. The van der Waals surface area contributed by atoms with Gasteiger partial charge in [0.1, 0.15) is 0 Å². The summed E-state index contributed by atoms with van der Waals surface area (Å²) in [6.07, 6.45) is 4.51. The molecule has 3 N–H and O–H groups in total. The maximum Gasteiger partial charge on any atom is 0.236 e. The molecule has 1 unspecified atom stereocenters. The van der Waals surface area contributed by atoms with E-state index in [0.29, 0.717) is 6.54 Å². The van der Waals surface area contributed by atoms with Crippen LogP contribution in [0.2, 0.25) is 0 Å². The molecule has 0 aliphatic rings. The van der Waals surface area contributed by atoms with Crippen LogP contribution in [-0.4, -0.2) is 35.5 Å². The maximum atomic E-state index is 11.7. The quantitative estimate of drug-likeness (QED) is 0.789. The van der Waals surface area contributed by atoms with Crippen LogP contribution in [0.4, 0.5) is 0 Å². The lowest BCUT2D eigenvalue weighted by Crippen LogP contribution is -2.42. The Kier molecular flexibility index (Phi) is 6.54. The number of nitrogens with two attached hydrogens (primary N) is 1. The number of rotatable bonds is 7. The molecular formula is C11H19N3OS2. The second-order valence-electron chi connectivity index (χ2n) is 3.90. The smallest absolute Gasteiger partial charge is 0.236 e. The summed E-state index contributed by atoms with van der Waals surface area (Å²) in [5, 5.41) is 5.86. The van der Waals surface area contributed by atoms with Gasteiger partial charge in [-0.25, -0.2) is 4.98 Å². The van der Waals surface area contributed by atoms with Crippen molar-refractivity contribution in [2.45, 2.75) is 25.3 Å². The fourth-order valence-electron chi connectivity index (χ4n) is 1.33. The van der Waals surface area contributed by atoms with E-state index in [9.17, 15) is 4.79 Å².